The summed E-state index contributed by atoms with van der Waals surface area (Å²) in [4.78, 5) is 11.8. The number of hydrogen-bond donors (Lipinski definition) is 4. The Labute approximate surface area is 134 Å². The molecule has 6 heteroatoms. The van der Waals surface area contributed by atoms with Crippen molar-refractivity contribution in [2.75, 3.05) is 18.4 Å². The molecule has 2 rings (SSSR count). The fourth-order valence-electron chi connectivity index (χ4n) is 1.93. The SMILES string of the molecule is C=CCNC(=S)NNC(=O)CNc1cccc2ccccc12. The van der Waals surface area contributed by atoms with Gasteiger partial charge < -0.3 is 10.6 Å². The minimum Gasteiger partial charge on any atom is -0.376 e. The van der Waals surface area contributed by atoms with Gasteiger partial charge in [0.25, 0.3) is 5.91 Å². The van der Waals surface area contributed by atoms with E-state index in [4.69, 9.17) is 12.2 Å². The third-order valence-corrected chi connectivity index (χ3v) is 3.20. The summed E-state index contributed by atoms with van der Waals surface area (Å²) in [5.74, 6) is -0.212. The van der Waals surface area contributed by atoms with Crippen LogP contribution in [0.3, 0.4) is 0 Å². The van der Waals surface area contributed by atoms with Crippen LogP contribution in [0, 0.1) is 0 Å². The van der Waals surface area contributed by atoms with Crippen molar-refractivity contribution < 1.29 is 4.79 Å². The second kappa shape index (κ2) is 7.99. The Morgan fingerprint density at radius 1 is 1.14 bits per heavy atom. The van der Waals surface area contributed by atoms with Gasteiger partial charge in [-0.15, -0.1) is 6.58 Å². The second-order valence-electron chi connectivity index (χ2n) is 4.55. The van der Waals surface area contributed by atoms with E-state index in [1.165, 1.54) is 0 Å². The van der Waals surface area contributed by atoms with Crippen molar-refractivity contribution in [2.24, 2.45) is 0 Å². The number of carbonyl (C=O) groups excluding carboxylic acids is 1. The topological polar surface area (TPSA) is 65.2 Å². The van der Waals surface area contributed by atoms with Crippen LogP contribution in [0.1, 0.15) is 0 Å². The number of anilines is 1. The van der Waals surface area contributed by atoms with Gasteiger partial charge in [0.15, 0.2) is 5.11 Å². The third kappa shape index (κ3) is 4.46. The van der Waals surface area contributed by atoms with Gasteiger partial charge in [0.2, 0.25) is 0 Å². The Kier molecular flexibility index (Phi) is 5.73. The van der Waals surface area contributed by atoms with Gasteiger partial charge in [0.05, 0.1) is 6.54 Å². The highest BCUT2D eigenvalue weighted by Gasteiger charge is 2.04. The van der Waals surface area contributed by atoms with Gasteiger partial charge in [-0.2, -0.15) is 0 Å². The molecule has 0 heterocycles. The van der Waals surface area contributed by atoms with Crippen LogP contribution in [0.5, 0.6) is 0 Å². The summed E-state index contributed by atoms with van der Waals surface area (Å²) in [6, 6.07) is 13.9. The molecule has 0 saturated heterocycles. The highest BCUT2D eigenvalue weighted by Crippen LogP contribution is 2.22. The maximum absolute atomic E-state index is 11.8. The first-order valence-corrected chi connectivity index (χ1v) is 7.27. The lowest BCUT2D eigenvalue weighted by Crippen LogP contribution is -2.48. The number of amides is 1. The molecule has 22 heavy (non-hydrogen) atoms. The van der Waals surface area contributed by atoms with Crippen LogP contribution in [0.15, 0.2) is 55.1 Å². The van der Waals surface area contributed by atoms with E-state index in [9.17, 15) is 4.79 Å². The molecule has 0 unspecified atom stereocenters. The third-order valence-electron chi connectivity index (χ3n) is 2.95. The van der Waals surface area contributed by atoms with Gasteiger partial charge in [0, 0.05) is 17.6 Å². The normalized spacial score (nSPS) is 9.82. The zero-order valence-corrected chi connectivity index (χ0v) is 12.9. The molecule has 0 aliphatic rings. The summed E-state index contributed by atoms with van der Waals surface area (Å²) in [6.07, 6.45) is 1.68. The average Bonchev–Trinajstić information content (AvgIpc) is 2.56. The lowest BCUT2D eigenvalue weighted by molar-refractivity contribution is -0.119. The van der Waals surface area contributed by atoms with Crippen LogP contribution in [0.2, 0.25) is 0 Å². The second-order valence-corrected chi connectivity index (χ2v) is 4.96. The number of fused-ring (bicyclic) bond motifs is 1. The molecule has 0 radical (unpaired) electrons. The zero-order chi connectivity index (χ0) is 15.8. The van der Waals surface area contributed by atoms with Crippen LogP contribution in [0.25, 0.3) is 10.8 Å². The fraction of sp³-hybridized carbons (Fsp3) is 0.125. The van der Waals surface area contributed by atoms with E-state index >= 15 is 0 Å². The number of benzene rings is 2. The number of thiocarbonyl (C=S) groups is 1. The summed E-state index contributed by atoms with van der Waals surface area (Å²) in [6.45, 7) is 4.25. The largest absolute Gasteiger partial charge is 0.376 e. The Hall–Kier alpha value is -2.60. The first-order valence-electron chi connectivity index (χ1n) is 6.86. The van der Waals surface area contributed by atoms with Crippen LogP contribution in [0.4, 0.5) is 5.69 Å². The first kappa shape index (κ1) is 15.8. The van der Waals surface area contributed by atoms with E-state index in [0.717, 1.165) is 16.5 Å². The van der Waals surface area contributed by atoms with Crippen molar-refractivity contribution in [1.29, 1.82) is 0 Å². The van der Waals surface area contributed by atoms with E-state index in [1.54, 1.807) is 6.08 Å². The lowest BCUT2D eigenvalue weighted by atomic mass is 10.1. The molecule has 114 valence electrons. The highest BCUT2D eigenvalue weighted by atomic mass is 32.1. The van der Waals surface area contributed by atoms with Gasteiger partial charge >= 0.3 is 0 Å². The van der Waals surface area contributed by atoms with E-state index in [2.05, 4.69) is 28.1 Å². The van der Waals surface area contributed by atoms with Crippen molar-refractivity contribution in [3.63, 3.8) is 0 Å². The van der Waals surface area contributed by atoms with Crippen molar-refractivity contribution in [3.05, 3.63) is 55.1 Å². The summed E-state index contributed by atoms with van der Waals surface area (Å²) in [5.41, 5.74) is 6.06. The Morgan fingerprint density at radius 3 is 2.73 bits per heavy atom. The number of hydrogen-bond acceptors (Lipinski definition) is 3. The molecule has 0 aliphatic heterocycles. The first-order chi connectivity index (χ1) is 10.7. The van der Waals surface area contributed by atoms with Crippen molar-refractivity contribution >= 4 is 39.7 Å². The maximum atomic E-state index is 11.8. The molecule has 0 bridgehead atoms. The van der Waals surface area contributed by atoms with E-state index in [1.807, 2.05) is 42.5 Å². The Balaban J connectivity index is 1.85. The predicted octanol–water partition coefficient (Wildman–Crippen LogP) is 1.93. The smallest absolute Gasteiger partial charge is 0.257 e. The van der Waals surface area contributed by atoms with E-state index < -0.39 is 0 Å². The molecule has 5 nitrogen and oxygen atoms in total. The molecule has 2 aromatic rings. The molecule has 1 amide bonds. The van der Waals surface area contributed by atoms with Crippen molar-refractivity contribution in [2.45, 2.75) is 0 Å². The maximum Gasteiger partial charge on any atom is 0.257 e. The number of rotatable bonds is 5. The monoisotopic (exact) mass is 314 g/mol. The minimum atomic E-state index is -0.212. The van der Waals surface area contributed by atoms with Crippen LogP contribution < -0.4 is 21.5 Å². The number of hydrazine groups is 1. The summed E-state index contributed by atoms with van der Waals surface area (Å²) < 4.78 is 0. The van der Waals surface area contributed by atoms with Crippen molar-refractivity contribution in [3.8, 4) is 0 Å². The molecule has 0 saturated carbocycles. The molecule has 0 aromatic heterocycles. The van der Waals surface area contributed by atoms with Gasteiger partial charge in [-0.1, -0.05) is 42.5 Å². The molecular weight excluding hydrogens is 296 g/mol. The van der Waals surface area contributed by atoms with Gasteiger partial charge in [-0.25, -0.2) is 0 Å². The van der Waals surface area contributed by atoms with E-state index in [0.29, 0.717) is 11.7 Å². The summed E-state index contributed by atoms with van der Waals surface area (Å²) in [7, 11) is 0. The van der Waals surface area contributed by atoms with Gasteiger partial charge in [-0.05, 0) is 23.7 Å². The minimum absolute atomic E-state index is 0.144. The van der Waals surface area contributed by atoms with Crippen molar-refractivity contribution in [1.82, 2.24) is 16.2 Å². The number of nitrogens with one attached hydrogen (secondary N) is 4. The predicted molar refractivity (Wildman–Crippen MR) is 94.5 cm³/mol. The van der Waals surface area contributed by atoms with Crippen LogP contribution >= 0.6 is 12.2 Å². The molecule has 0 atom stereocenters. The van der Waals surface area contributed by atoms with Crippen LogP contribution in [-0.2, 0) is 4.79 Å². The Bertz CT molecular complexity index is 681. The molecule has 2 aromatic carbocycles. The number of carbonyl (C=O) groups is 1. The Morgan fingerprint density at radius 2 is 1.91 bits per heavy atom. The van der Waals surface area contributed by atoms with Crippen LogP contribution in [-0.4, -0.2) is 24.1 Å². The summed E-state index contributed by atoms with van der Waals surface area (Å²) in [5, 5.41) is 8.52. The van der Waals surface area contributed by atoms with E-state index in [-0.39, 0.29) is 12.5 Å². The zero-order valence-electron chi connectivity index (χ0n) is 12.1. The molecular formula is C16H18N4OS. The molecule has 4 N–H and O–H groups in total. The van der Waals surface area contributed by atoms with Gasteiger partial charge in [-0.3, -0.25) is 15.6 Å². The standard InChI is InChI=1S/C16H18N4OS/c1-2-10-17-16(22)20-19-15(21)11-18-14-9-5-7-12-6-3-4-8-13(12)14/h2-9,18H,1,10-11H2,(H,19,21)(H2,17,20,22). The molecule has 0 spiro atoms. The lowest BCUT2D eigenvalue weighted by Gasteiger charge is -2.12. The fourth-order valence-corrected chi connectivity index (χ4v) is 2.07. The molecule has 0 fully saturated rings. The molecule has 0 aliphatic carbocycles. The highest BCUT2D eigenvalue weighted by molar-refractivity contribution is 7.80. The summed E-state index contributed by atoms with van der Waals surface area (Å²) >= 11 is 4.97. The van der Waals surface area contributed by atoms with Gasteiger partial charge in [0.1, 0.15) is 0 Å². The quantitative estimate of drug-likeness (QED) is 0.386. The average molecular weight is 314 g/mol.